The van der Waals surface area contributed by atoms with Crippen LogP contribution in [0.15, 0.2) is 72.8 Å². The Bertz CT molecular complexity index is 1030. The molecule has 5 nitrogen and oxygen atoms in total. The third-order valence-electron chi connectivity index (χ3n) is 7.44. The van der Waals surface area contributed by atoms with Crippen molar-refractivity contribution in [3.8, 4) is 11.5 Å². The van der Waals surface area contributed by atoms with Gasteiger partial charge in [0.15, 0.2) is 0 Å². The van der Waals surface area contributed by atoms with Crippen LogP contribution in [0.3, 0.4) is 0 Å². The van der Waals surface area contributed by atoms with Crippen molar-refractivity contribution in [1.29, 1.82) is 0 Å². The van der Waals surface area contributed by atoms with Crippen molar-refractivity contribution in [1.82, 2.24) is 4.90 Å². The van der Waals surface area contributed by atoms with Gasteiger partial charge in [-0.05, 0) is 84.5 Å². The zero-order valence-corrected chi connectivity index (χ0v) is 20.9. The molecule has 3 unspecified atom stereocenters. The molecular weight excluding hydrogens is 450 g/mol. The van der Waals surface area contributed by atoms with Crippen molar-refractivity contribution in [2.24, 2.45) is 5.92 Å². The number of hydrogen-bond donors (Lipinski definition) is 2. The van der Waals surface area contributed by atoms with Crippen LogP contribution >= 0.6 is 0 Å². The highest BCUT2D eigenvalue weighted by molar-refractivity contribution is 5.32. The maximum atomic E-state index is 10.5. The number of aliphatic hydroxyl groups excluding tert-OH is 2. The second kappa shape index (κ2) is 11.9. The number of ether oxygens (including phenoxy) is 2. The summed E-state index contributed by atoms with van der Waals surface area (Å²) in [6.45, 7) is 2.97. The summed E-state index contributed by atoms with van der Waals surface area (Å²) in [5, 5.41) is 21.0. The summed E-state index contributed by atoms with van der Waals surface area (Å²) < 4.78 is 11.6. The third kappa shape index (κ3) is 6.67. The third-order valence-corrected chi connectivity index (χ3v) is 7.44. The average molecular weight is 488 g/mol. The molecule has 0 aromatic heterocycles. The molecule has 3 atom stereocenters. The van der Waals surface area contributed by atoms with Gasteiger partial charge in [-0.2, -0.15) is 0 Å². The summed E-state index contributed by atoms with van der Waals surface area (Å²) in [4.78, 5) is 2.28. The van der Waals surface area contributed by atoms with Gasteiger partial charge in [-0.3, -0.25) is 4.90 Å². The van der Waals surface area contributed by atoms with E-state index in [0.29, 0.717) is 24.0 Å². The van der Waals surface area contributed by atoms with Gasteiger partial charge < -0.3 is 19.7 Å². The molecule has 1 aliphatic heterocycles. The van der Waals surface area contributed by atoms with Crippen molar-refractivity contribution < 1.29 is 19.7 Å². The number of aliphatic hydroxyl groups is 2. The molecule has 0 fully saturated rings. The van der Waals surface area contributed by atoms with E-state index in [0.717, 1.165) is 45.2 Å². The Morgan fingerprint density at radius 3 is 2.00 bits per heavy atom. The average Bonchev–Trinajstić information content (AvgIpc) is 2.91. The van der Waals surface area contributed by atoms with Crippen LogP contribution < -0.4 is 9.47 Å². The molecule has 5 rings (SSSR count). The molecule has 0 spiro atoms. The highest BCUT2D eigenvalue weighted by Crippen LogP contribution is 2.28. The maximum Gasteiger partial charge on any atom is 0.119 e. The van der Waals surface area contributed by atoms with Crippen LogP contribution in [-0.4, -0.2) is 53.6 Å². The predicted molar refractivity (Wildman–Crippen MR) is 141 cm³/mol. The van der Waals surface area contributed by atoms with Gasteiger partial charge in [0, 0.05) is 19.6 Å². The van der Waals surface area contributed by atoms with Gasteiger partial charge in [0.25, 0.3) is 0 Å². The first-order valence-corrected chi connectivity index (χ1v) is 13.2. The lowest BCUT2D eigenvalue weighted by Gasteiger charge is -2.30. The van der Waals surface area contributed by atoms with Gasteiger partial charge >= 0.3 is 0 Å². The Balaban J connectivity index is 1.01. The normalized spacial score (nSPS) is 19.1. The Morgan fingerprint density at radius 1 is 0.722 bits per heavy atom. The minimum absolute atomic E-state index is 0.252. The van der Waals surface area contributed by atoms with Crippen LogP contribution in [0.5, 0.6) is 11.5 Å². The predicted octanol–water partition coefficient (Wildman–Crippen LogP) is 4.42. The van der Waals surface area contributed by atoms with Crippen molar-refractivity contribution in [3.63, 3.8) is 0 Å². The minimum atomic E-state index is -0.548. The Morgan fingerprint density at radius 2 is 1.31 bits per heavy atom. The number of fused-ring (bicyclic) bond motifs is 2. The van der Waals surface area contributed by atoms with Crippen molar-refractivity contribution >= 4 is 0 Å². The molecule has 0 saturated heterocycles. The SMILES string of the molecule is OC(COc1ccc(OCC(O)CN2CCc3ccccc3C2)cc1)CC1CCc2ccccc2C1. The summed E-state index contributed by atoms with van der Waals surface area (Å²) in [7, 11) is 0. The van der Waals surface area contributed by atoms with Crippen LogP contribution in [0.4, 0.5) is 0 Å². The van der Waals surface area contributed by atoms with Crippen molar-refractivity contribution in [2.45, 2.75) is 50.9 Å². The van der Waals surface area contributed by atoms with Crippen LogP contribution in [-0.2, 0) is 25.8 Å². The second-order valence-corrected chi connectivity index (χ2v) is 10.3. The molecule has 2 N–H and O–H groups in total. The molecule has 5 heteroatoms. The largest absolute Gasteiger partial charge is 0.491 e. The van der Waals surface area contributed by atoms with Gasteiger partial charge in [-0.15, -0.1) is 0 Å². The molecule has 0 radical (unpaired) electrons. The number of hydrogen-bond acceptors (Lipinski definition) is 5. The van der Waals surface area contributed by atoms with E-state index in [-0.39, 0.29) is 13.2 Å². The van der Waals surface area contributed by atoms with Gasteiger partial charge in [0.05, 0.1) is 6.10 Å². The molecule has 190 valence electrons. The summed E-state index contributed by atoms with van der Waals surface area (Å²) in [5.41, 5.74) is 5.63. The zero-order valence-electron chi connectivity index (χ0n) is 20.9. The van der Waals surface area contributed by atoms with E-state index in [1.807, 2.05) is 24.3 Å². The van der Waals surface area contributed by atoms with Crippen molar-refractivity contribution in [2.75, 3.05) is 26.3 Å². The molecule has 36 heavy (non-hydrogen) atoms. The highest BCUT2D eigenvalue weighted by Gasteiger charge is 2.22. The lowest BCUT2D eigenvalue weighted by atomic mass is 9.81. The summed E-state index contributed by atoms with van der Waals surface area (Å²) in [6.07, 6.45) is 4.01. The summed E-state index contributed by atoms with van der Waals surface area (Å²) in [6, 6.07) is 24.6. The Hall–Kier alpha value is -2.86. The molecule has 1 aliphatic carbocycles. The van der Waals surface area contributed by atoms with Gasteiger partial charge in [0.2, 0.25) is 0 Å². The van der Waals surface area contributed by atoms with Crippen molar-refractivity contribution in [3.05, 3.63) is 95.1 Å². The van der Waals surface area contributed by atoms with E-state index < -0.39 is 12.2 Å². The van der Waals surface area contributed by atoms with E-state index in [1.165, 1.54) is 22.3 Å². The van der Waals surface area contributed by atoms with Gasteiger partial charge in [-0.25, -0.2) is 0 Å². The zero-order chi connectivity index (χ0) is 24.7. The van der Waals surface area contributed by atoms with E-state index in [9.17, 15) is 10.2 Å². The smallest absolute Gasteiger partial charge is 0.119 e. The standard InChI is InChI=1S/C31H37NO4/c33-28(18-23-9-10-24-5-1-3-7-26(24)17-23)21-35-30-11-13-31(14-12-30)36-22-29(34)20-32-16-15-25-6-2-4-8-27(25)19-32/h1-8,11-14,23,28-29,33-34H,9-10,15-22H2. The maximum absolute atomic E-state index is 10.5. The number of β-amino-alcohol motifs (C(OH)–C–C–N with tert-alkyl or cyclic N) is 1. The number of rotatable bonds is 10. The highest BCUT2D eigenvalue weighted by atomic mass is 16.5. The monoisotopic (exact) mass is 487 g/mol. The van der Waals surface area contributed by atoms with Crippen LogP contribution in [0, 0.1) is 5.92 Å². The van der Waals surface area contributed by atoms with E-state index >= 15 is 0 Å². The first kappa shape index (κ1) is 24.8. The van der Waals surface area contributed by atoms with Crippen LogP contribution in [0.1, 0.15) is 35.1 Å². The van der Waals surface area contributed by atoms with E-state index in [2.05, 4.69) is 53.4 Å². The molecule has 0 amide bonds. The van der Waals surface area contributed by atoms with Crippen LogP contribution in [0.2, 0.25) is 0 Å². The number of aryl methyl sites for hydroxylation is 1. The lowest BCUT2D eigenvalue weighted by molar-refractivity contribution is 0.0636. The molecule has 3 aromatic carbocycles. The lowest BCUT2D eigenvalue weighted by Crippen LogP contribution is -2.38. The molecule has 0 bridgehead atoms. The fourth-order valence-corrected chi connectivity index (χ4v) is 5.50. The Labute approximate surface area is 214 Å². The number of nitrogens with zero attached hydrogens (tertiary/aromatic N) is 1. The molecule has 3 aromatic rings. The van der Waals surface area contributed by atoms with Gasteiger partial charge in [-0.1, -0.05) is 48.5 Å². The topological polar surface area (TPSA) is 62.2 Å². The van der Waals surface area contributed by atoms with Gasteiger partial charge in [0.1, 0.15) is 30.8 Å². The van der Waals surface area contributed by atoms with E-state index in [1.54, 1.807) is 0 Å². The fraction of sp³-hybridized carbons (Fsp3) is 0.419. The second-order valence-electron chi connectivity index (χ2n) is 10.3. The number of benzene rings is 3. The summed E-state index contributed by atoms with van der Waals surface area (Å²) >= 11 is 0. The fourth-order valence-electron chi connectivity index (χ4n) is 5.50. The quantitative estimate of drug-likeness (QED) is 0.443. The van der Waals surface area contributed by atoms with Crippen LogP contribution in [0.25, 0.3) is 0 Å². The summed E-state index contributed by atoms with van der Waals surface area (Å²) in [5.74, 6) is 1.91. The molecular formula is C31H37NO4. The minimum Gasteiger partial charge on any atom is -0.491 e. The molecule has 1 heterocycles. The first-order valence-electron chi connectivity index (χ1n) is 13.2. The Kier molecular flexibility index (Phi) is 8.22. The molecule has 2 aliphatic rings. The molecule has 0 saturated carbocycles. The van der Waals surface area contributed by atoms with E-state index in [4.69, 9.17) is 9.47 Å². The first-order chi connectivity index (χ1) is 17.6.